The van der Waals surface area contributed by atoms with E-state index in [-0.39, 0.29) is 17.6 Å². The molecule has 2 aromatic rings. The number of para-hydroxylation sites is 1. The van der Waals surface area contributed by atoms with Crippen LogP contribution >= 0.6 is 0 Å². The lowest BCUT2D eigenvalue weighted by Gasteiger charge is -2.44. The van der Waals surface area contributed by atoms with Gasteiger partial charge in [-0.05, 0) is 26.8 Å². The first kappa shape index (κ1) is 18.0. The number of aromatic nitrogens is 2. The molecule has 1 fully saturated rings. The quantitative estimate of drug-likeness (QED) is 0.901. The van der Waals surface area contributed by atoms with E-state index in [1.165, 1.54) is 0 Å². The summed E-state index contributed by atoms with van der Waals surface area (Å²) in [5.74, 6) is 0.808. The van der Waals surface area contributed by atoms with Gasteiger partial charge in [-0.1, -0.05) is 18.2 Å². The fraction of sp³-hybridized carbons (Fsp3) is 0.524. The second-order valence-electron chi connectivity index (χ2n) is 7.53. The van der Waals surface area contributed by atoms with Gasteiger partial charge < -0.3 is 14.8 Å². The summed E-state index contributed by atoms with van der Waals surface area (Å²) in [6, 6.07) is 7.94. The Morgan fingerprint density at radius 2 is 2.04 bits per heavy atom. The molecule has 27 heavy (non-hydrogen) atoms. The average molecular weight is 369 g/mol. The van der Waals surface area contributed by atoms with Crippen molar-refractivity contribution in [3.63, 3.8) is 0 Å². The molecule has 2 aliphatic heterocycles. The lowest BCUT2D eigenvalue weighted by molar-refractivity contribution is -0.0639. The molecule has 1 unspecified atom stereocenters. The Morgan fingerprint density at radius 3 is 2.74 bits per heavy atom. The second-order valence-corrected chi connectivity index (χ2v) is 7.53. The molecule has 1 amide bonds. The summed E-state index contributed by atoms with van der Waals surface area (Å²) >= 11 is 0. The van der Waals surface area contributed by atoms with Crippen LogP contribution in [0.4, 0.5) is 0 Å². The minimum Gasteiger partial charge on any atom is -0.487 e. The molecule has 1 saturated heterocycles. The van der Waals surface area contributed by atoms with E-state index < -0.39 is 0 Å². The van der Waals surface area contributed by atoms with E-state index in [0.29, 0.717) is 18.8 Å². The van der Waals surface area contributed by atoms with Gasteiger partial charge >= 0.3 is 0 Å². The molecule has 3 heterocycles. The molecule has 1 N–H and O–H groups in total. The van der Waals surface area contributed by atoms with Crippen molar-refractivity contribution in [2.75, 3.05) is 13.2 Å². The van der Waals surface area contributed by atoms with Gasteiger partial charge in [0.1, 0.15) is 11.4 Å². The van der Waals surface area contributed by atoms with Gasteiger partial charge in [-0.3, -0.25) is 9.48 Å². The molecule has 144 valence electrons. The molecular weight excluding hydrogens is 342 g/mol. The van der Waals surface area contributed by atoms with Gasteiger partial charge in [-0.15, -0.1) is 0 Å². The van der Waals surface area contributed by atoms with Crippen molar-refractivity contribution >= 4 is 5.91 Å². The predicted molar refractivity (Wildman–Crippen MR) is 102 cm³/mol. The van der Waals surface area contributed by atoms with Crippen LogP contribution in [-0.2, 0) is 11.3 Å². The number of aryl methyl sites for hydroxylation is 2. The van der Waals surface area contributed by atoms with E-state index in [0.717, 1.165) is 48.5 Å². The van der Waals surface area contributed by atoms with Crippen molar-refractivity contribution in [1.82, 2.24) is 15.1 Å². The first-order chi connectivity index (χ1) is 13.0. The summed E-state index contributed by atoms with van der Waals surface area (Å²) in [5.41, 5.74) is 3.15. The first-order valence-corrected chi connectivity index (χ1v) is 9.73. The van der Waals surface area contributed by atoms with Crippen LogP contribution in [-0.4, -0.2) is 34.5 Å². The Hall–Kier alpha value is -2.34. The fourth-order valence-corrected chi connectivity index (χ4v) is 4.36. The second kappa shape index (κ2) is 7.00. The number of benzene rings is 1. The van der Waals surface area contributed by atoms with E-state index in [1.807, 2.05) is 49.7 Å². The number of hydrogen-bond acceptors (Lipinski definition) is 4. The first-order valence-electron chi connectivity index (χ1n) is 9.73. The van der Waals surface area contributed by atoms with Crippen LogP contribution in [0.15, 0.2) is 24.3 Å². The molecule has 6 nitrogen and oxygen atoms in total. The van der Waals surface area contributed by atoms with E-state index in [4.69, 9.17) is 9.47 Å². The molecular formula is C21H27N3O3. The molecule has 1 atom stereocenters. The van der Waals surface area contributed by atoms with Gasteiger partial charge in [-0.25, -0.2) is 0 Å². The zero-order valence-electron chi connectivity index (χ0n) is 16.2. The predicted octanol–water partition coefficient (Wildman–Crippen LogP) is 3.32. The highest BCUT2D eigenvalue weighted by atomic mass is 16.5. The highest BCUT2D eigenvalue weighted by molar-refractivity contribution is 5.96. The monoisotopic (exact) mass is 369 g/mol. The summed E-state index contributed by atoms with van der Waals surface area (Å²) in [6.07, 6.45) is 2.46. The molecule has 2 aliphatic rings. The minimum absolute atomic E-state index is 0.0615. The van der Waals surface area contributed by atoms with Crippen molar-refractivity contribution < 1.29 is 14.3 Å². The smallest absolute Gasteiger partial charge is 0.255 e. The van der Waals surface area contributed by atoms with Gasteiger partial charge in [0, 0.05) is 37.1 Å². The van der Waals surface area contributed by atoms with E-state index in [1.54, 1.807) is 0 Å². The number of ether oxygens (including phenoxy) is 2. The van der Waals surface area contributed by atoms with Crippen LogP contribution in [0.1, 0.15) is 59.5 Å². The molecule has 6 heteroatoms. The number of nitrogens with zero attached hydrogens (tertiary/aromatic N) is 2. The lowest BCUT2D eigenvalue weighted by Crippen LogP contribution is -2.48. The lowest BCUT2D eigenvalue weighted by atomic mass is 9.82. The van der Waals surface area contributed by atoms with E-state index in [9.17, 15) is 4.79 Å². The summed E-state index contributed by atoms with van der Waals surface area (Å²) < 4.78 is 13.8. The van der Waals surface area contributed by atoms with Crippen molar-refractivity contribution in [3.8, 4) is 5.75 Å². The standard InChI is InChI=1S/C21H27N3O3/c1-4-24-15(3)19(14(2)23-24)20(25)22-17-13-21(9-11-26-12-10-21)27-18-8-6-5-7-16(17)18/h5-8,17H,4,9-13H2,1-3H3,(H,22,25). The zero-order chi connectivity index (χ0) is 19.0. The van der Waals surface area contributed by atoms with Crippen molar-refractivity contribution in [3.05, 3.63) is 46.8 Å². The highest BCUT2D eigenvalue weighted by Gasteiger charge is 2.42. The molecule has 1 aromatic heterocycles. The van der Waals surface area contributed by atoms with Gasteiger partial charge in [0.25, 0.3) is 5.91 Å². The van der Waals surface area contributed by atoms with Crippen LogP contribution in [0.3, 0.4) is 0 Å². The van der Waals surface area contributed by atoms with Crippen molar-refractivity contribution in [2.24, 2.45) is 0 Å². The van der Waals surface area contributed by atoms with E-state index in [2.05, 4.69) is 10.4 Å². The molecule has 0 aliphatic carbocycles. The molecule has 1 aromatic carbocycles. The number of nitrogens with one attached hydrogen (secondary N) is 1. The summed E-state index contributed by atoms with van der Waals surface area (Å²) in [5, 5.41) is 7.75. The number of hydrogen-bond donors (Lipinski definition) is 1. The largest absolute Gasteiger partial charge is 0.487 e. The topological polar surface area (TPSA) is 65.4 Å². The van der Waals surface area contributed by atoms with Crippen LogP contribution in [0.2, 0.25) is 0 Å². The van der Waals surface area contributed by atoms with Gasteiger partial charge in [0.15, 0.2) is 0 Å². The number of carbonyl (C=O) groups is 1. The van der Waals surface area contributed by atoms with Crippen LogP contribution < -0.4 is 10.1 Å². The third kappa shape index (κ3) is 3.23. The summed E-state index contributed by atoms with van der Waals surface area (Å²) in [7, 11) is 0. The Labute approximate surface area is 159 Å². The van der Waals surface area contributed by atoms with Crippen LogP contribution in [0, 0.1) is 13.8 Å². The normalized spacial score (nSPS) is 20.8. The minimum atomic E-state index is -0.262. The van der Waals surface area contributed by atoms with Crippen molar-refractivity contribution in [1.29, 1.82) is 0 Å². The van der Waals surface area contributed by atoms with Gasteiger partial charge in [0.2, 0.25) is 0 Å². The third-order valence-corrected chi connectivity index (χ3v) is 5.81. The molecule has 4 rings (SSSR count). The van der Waals surface area contributed by atoms with Crippen LogP contribution in [0.25, 0.3) is 0 Å². The van der Waals surface area contributed by atoms with Gasteiger partial charge in [-0.2, -0.15) is 5.10 Å². The maximum absolute atomic E-state index is 13.1. The Kier molecular flexibility index (Phi) is 4.68. The maximum Gasteiger partial charge on any atom is 0.255 e. The van der Waals surface area contributed by atoms with E-state index >= 15 is 0 Å². The van der Waals surface area contributed by atoms with Gasteiger partial charge in [0.05, 0.1) is 30.5 Å². The average Bonchev–Trinajstić information content (AvgIpc) is 2.95. The Balaban J connectivity index is 1.64. The number of carbonyl (C=O) groups excluding carboxylic acids is 1. The molecule has 0 radical (unpaired) electrons. The summed E-state index contributed by atoms with van der Waals surface area (Å²) in [6.45, 7) is 8.03. The summed E-state index contributed by atoms with van der Waals surface area (Å²) in [4.78, 5) is 13.1. The third-order valence-electron chi connectivity index (χ3n) is 5.81. The maximum atomic E-state index is 13.1. The SMILES string of the molecule is CCn1nc(C)c(C(=O)NC2CC3(CCOCC3)Oc3ccccc32)c1C. The number of rotatable bonds is 3. The van der Waals surface area contributed by atoms with Crippen molar-refractivity contribution in [2.45, 2.75) is 58.2 Å². The molecule has 0 bridgehead atoms. The molecule has 0 saturated carbocycles. The Morgan fingerprint density at radius 1 is 1.30 bits per heavy atom. The Bertz CT molecular complexity index is 852. The number of amides is 1. The molecule has 1 spiro atoms. The highest BCUT2D eigenvalue weighted by Crippen LogP contribution is 2.44. The zero-order valence-corrected chi connectivity index (χ0v) is 16.2. The fourth-order valence-electron chi connectivity index (χ4n) is 4.36. The number of fused-ring (bicyclic) bond motifs is 1. The van der Waals surface area contributed by atoms with Crippen LogP contribution in [0.5, 0.6) is 5.75 Å².